The molecular weight excluding hydrogens is 576 g/mol. The van der Waals surface area contributed by atoms with E-state index < -0.39 is 53.2 Å². The van der Waals surface area contributed by atoms with Crippen molar-refractivity contribution >= 4 is 23.2 Å². The molecule has 2 unspecified atom stereocenters. The van der Waals surface area contributed by atoms with Gasteiger partial charge in [0, 0.05) is 23.7 Å². The monoisotopic (exact) mass is 608 g/mol. The van der Waals surface area contributed by atoms with Crippen molar-refractivity contribution in [1.82, 2.24) is 5.32 Å². The Hall–Kier alpha value is -4.43. The zero-order chi connectivity index (χ0) is 32.2. The number of nitrogens with one attached hydrogen (secondary N) is 3. The fourth-order valence-electron chi connectivity index (χ4n) is 6.56. The molecule has 0 bridgehead atoms. The molecule has 3 aromatic rings. The summed E-state index contributed by atoms with van der Waals surface area (Å²) >= 11 is 0. The van der Waals surface area contributed by atoms with E-state index in [4.69, 9.17) is 0 Å². The van der Waals surface area contributed by atoms with Gasteiger partial charge in [-0.1, -0.05) is 51.1 Å². The first-order valence-electron chi connectivity index (χ1n) is 14.1. The van der Waals surface area contributed by atoms with Gasteiger partial charge in [-0.2, -0.15) is 5.26 Å². The third-order valence-corrected chi connectivity index (χ3v) is 8.25. The van der Waals surface area contributed by atoms with Crippen molar-refractivity contribution in [2.24, 2.45) is 5.41 Å². The molecule has 5 rings (SSSR count). The van der Waals surface area contributed by atoms with E-state index in [9.17, 15) is 28.0 Å². The quantitative estimate of drug-likeness (QED) is 0.283. The molecule has 2 heterocycles. The van der Waals surface area contributed by atoms with Crippen LogP contribution in [-0.2, 0) is 15.0 Å². The molecule has 2 amide bonds. The fraction of sp³-hybridized carbons (Fsp3) is 0.364. The number of fused-ring (bicyclic) bond motifs is 2. The maximum atomic E-state index is 16.1. The molecule has 1 saturated heterocycles. The molecule has 230 valence electrons. The molecule has 7 nitrogen and oxygen atoms in total. The van der Waals surface area contributed by atoms with Crippen LogP contribution in [-0.4, -0.2) is 30.3 Å². The van der Waals surface area contributed by atoms with Gasteiger partial charge in [0.05, 0.1) is 23.4 Å². The van der Waals surface area contributed by atoms with Crippen molar-refractivity contribution in [2.45, 2.75) is 70.8 Å². The first kappa shape index (κ1) is 31.0. The Morgan fingerprint density at radius 2 is 1.82 bits per heavy atom. The molecule has 2 aliphatic rings. The summed E-state index contributed by atoms with van der Waals surface area (Å²) in [6.45, 7) is 9.41. The number of nitriles is 1. The van der Waals surface area contributed by atoms with Crippen molar-refractivity contribution in [1.29, 1.82) is 5.26 Å². The molecule has 44 heavy (non-hydrogen) atoms. The number of aryl methyl sites for hydroxylation is 2. The lowest BCUT2D eigenvalue weighted by atomic mass is 9.62. The van der Waals surface area contributed by atoms with Crippen molar-refractivity contribution in [3.8, 4) is 11.8 Å². The van der Waals surface area contributed by atoms with Gasteiger partial charge in [-0.15, -0.1) is 13.2 Å². The lowest BCUT2D eigenvalue weighted by Gasteiger charge is -2.37. The van der Waals surface area contributed by atoms with E-state index in [0.717, 1.165) is 17.7 Å². The molecular formula is C33H32F4N4O3. The Morgan fingerprint density at radius 1 is 1.09 bits per heavy atom. The van der Waals surface area contributed by atoms with Crippen LogP contribution in [0, 0.1) is 36.4 Å². The van der Waals surface area contributed by atoms with Crippen LogP contribution in [0.4, 0.5) is 28.9 Å². The summed E-state index contributed by atoms with van der Waals surface area (Å²) in [5.41, 5.74) is 0.263. The number of alkyl halides is 3. The van der Waals surface area contributed by atoms with E-state index in [0.29, 0.717) is 23.2 Å². The number of carbonyl (C=O) groups is 2. The third kappa shape index (κ3) is 5.50. The summed E-state index contributed by atoms with van der Waals surface area (Å²) in [5, 5.41) is 18.0. The van der Waals surface area contributed by atoms with Crippen molar-refractivity contribution in [3.63, 3.8) is 0 Å². The molecule has 3 N–H and O–H groups in total. The van der Waals surface area contributed by atoms with Gasteiger partial charge in [0.25, 0.3) is 0 Å². The minimum atomic E-state index is -5.10. The number of rotatable bonds is 5. The van der Waals surface area contributed by atoms with Crippen LogP contribution in [0.25, 0.3) is 0 Å². The van der Waals surface area contributed by atoms with Gasteiger partial charge in [-0.3, -0.25) is 9.59 Å². The number of halogens is 4. The van der Waals surface area contributed by atoms with Crippen LogP contribution in [0.2, 0.25) is 0 Å². The first-order chi connectivity index (χ1) is 20.5. The Bertz CT molecular complexity index is 1690. The summed E-state index contributed by atoms with van der Waals surface area (Å²) in [4.78, 5) is 28.4. The topological polar surface area (TPSA) is 103 Å². The van der Waals surface area contributed by atoms with Gasteiger partial charge in [0.1, 0.15) is 11.2 Å². The predicted octanol–water partition coefficient (Wildman–Crippen LogP) is 6.60. The normalized spacial score (nSPS) is 22.8. The highest BCUT2D eigenvalue weighted by Gasteiger charge is 2.66. The molecule has 4 atom stereocenters. The van der Waals surface area contributed by atoms with Gasteiger partial charge < -0.3 is 20.7 Å². The summed E-state index contributed by atoms with van der Waals surface area (Å²) in [7, 11) is 0. The number of benzene rings is 3. The second kappa shape index (κ2) is 10.9. The Balaban J connectivity index is 1.70. The number of carbonyl (C=O) groups excluding carboxylic acids is 2. The van der Waals surface area contributed by atoms with Crippen LogP contribution in [0.15, 0.2) is 54.6 Å². The third-order valence-electron chi connectivity index (χ3n) is 8.25. The average molecular weight is 609 g/mol. The maximum absolute atomic E-state index is 16.1. The van der Waals surface area contributed by atoms with Gasteiger partial charge in [-0.25, -0.2) is 4.39 Å². The van der Waals surface area contributed by atoms with Crippen molar-refractivity contribution in [2.75, 3.05) is 10.6 Å². The summed E-state index contributed by atoms with van der Waals surface area (Å²) in [5.74, 6) is -3.65. The highest BCUT2D eigenvalue weighted by atomic mass is 19.4. The molecule has 2 aliphatic heterocycles. The molecule has 11 heteroatoms. The van der Waals surface area contributed by atoms with Crippen LogP contribution >= 0.6 is 0 Å². The number of hydrogen-bond acceptors (Lipinski definition) is 5. The van der Waals surface area contributed by atoms with E-state index in [1.807, 2.05) is 45.9 Å². The highest BCUT2D eigenvalue weighted by Crippen LogP contribution is 2.57. The maximum Gasteiger partial charge on any atom is 0.573 e. The van der Waals surface area contributed by atoms with Crippen molar-refractivity contribution < 1.29 is 31.9 Å². The smallest absolute Gasteiger partial charge is 0.404 e. The summed E-state index contributed by atoms with van der Waals surface area (Å²) in [6.07, 6.45) is -4.70. The Labute approximate surface area is 252 Å². The zero-order valence-electron chi connectivity index (χ0n) is 24.8. The van der Waals surface area contributed by atoms with Gasteiger partial charge in [0.2, 0.25) is 11.8 Å². The number of nitrogens with zero attached hydrogens (tertiary/aromatic N) is 1. The zero-order valence-corrected chi connectivity index (χ0v) is 24.8. The average Bonchev–Trinajstić information content (AvgIpc) is 3.39. The van der Waals surface area contributed by atoms with E-state index in [2.05, 4.69) is 20.7 Å². The lowest BCUT2D eigenvalue weighted by molar-refractivity contribution is -0.274. The largest absolute Gasteiger partial charge is 0.573 e. The van der Waals surface area contributed by atoms with Crippen LogP contribution in [0.5, 0.6) is 5.75 Å². The standard InChI is InChI=1S/C33H32F4N4O3/c1-17-9-11-21-23(13-17)40-30(43)32(21)25(15-31(3,4)5)41-28(26(32)20-8-6-7-18(2)27(20)34)29(42)39-22-12-10-19(16-38)14-24(22)44-33(35,36)37/h6-14,25-26,28,41H,15H2,1-5H3,(H,39,42)(H,40,43)/t25?,26?,28-,32-/m1/s1. The van der Waals surface area contributed by atoms with E-state index in [1.165, 1.54) is 12.1 Å². The summed E-state index contributed by atoms with van der Waals surface area (Å²) < 4.78 is 60.0. The van der Waals surface area contributed by atoms with Crippen LogP contribution < -0.4 is 20.7 Å². The Morgan fingerprint density at radius 3 is 2.48 bits per heavy atom. The van der Waals surface area contributed by atoms with Crippen LogP contribution in [0.1, 0.15) is 60.9 Å². The molecule has 0 aromatic heterocycles. The lowest BCUT2D eigenvalue weighted by Crippen LogP contribution is -2.49. The van der Waals surface area contributed by atoms with Gasteiger partial charge in [0.15, 0.2) is 5.75 Å². The fourth-order valence-corrected chi connectivity index (χ4v) is 6.56. The SMILES string of the molecule is Cc1ccc2c(c1)NC(=O)[C@@]21C(CC(C)(C)C)N[C@@H](C(=O)Nc2ccc(C#N)cc2OC(F)(F)F)C1c1cccc(C)c1F. The number of anilines is 2. The first-order valence-corrected chi connectivity index (χ1v) is 14.1. The molecule has 0 radical (unpaired) electrons. The van der Waals surface area contributed by atoms with E-state index in [-0.39, 0.29) is 22.2 Å². The summed E-state index contributed by atoms with van der Waals surface area (Å²) in [6, 6.07) is 13.3. The number of amides is 2. The molecule has 1 spiro atoms. The van der Waals surface area contributed by atoms with Crippen LogP contribution in [0.3, 0.4) is 0 Å². The predicted molar refractivity (Wildman–Crippen MR) is 157 cm³/mol. The van der Waals surface area contributed by atoms with Crippen molar-refractivity contribution in [3.05, 3.63) is 88.2 Å². The van der Waals surface area contributed by atoms with Gasteiger partial charge >= 0.3 is 6.36 Å². The highest BCUT2D eigenvalue weighted by molar-refractivity contribution is 6.10. The second-order valence-corrected chi connectivity index (χ2v) is 12.6. The number of ether oxygens (including phenoxy) is 1. The molecule has 0 saturated carbocycles. The molecule has 0 aliphatic carbocycles. The molecule has 3 aromatic carbocycles. The van der Waals surface area contributed by atoms with E-state index >= 15 is 4.39 Å². The minimum absolute atomic E-state index is 0.111. The molecule has 1 fully saturated rings. The Kier molecular flexibility index (Phi) is 7.70. The van der Waals surface area contributed by atoms with E-state index in [1.54, 1.807) is 25.1 Å². The number of hydrogen-bond donors (Lipinski definition) is 3. The second-order valence-electron chi connectivity index (χ2n) is 12.6. The minimum Gasteiger partial charge on any atom is -0.404 e. The van der Waals surface area contributed by atoms with Gasteiger partial charge in [-0.05, 0) is 66.1 Å².